The Morgan fingerprint density at radius 3 is 2.40 bits per heavy atom. The summed E-state index contributed by atoms with van der Waals surface area (Å²) in [4.78, 5) is 20.2. The molecule has 1 aromatic carbocycles. The van der Waals surface area contributed by atoms with Crippen LogP contribution < -0.4 is 11.0 Å². The quantitative estimate of drug-likeness (QED) is 0.426. The molecule has 0 spiro atoms. The van der Waals surface area contributed by atoms with E-state index < -0.39 is 9.84 Å². The smallest absolute Gasteiger partial charge is 0.267 e. The van der Waals surface area contributed by atoms with Gasteiger partial charge >= 0.3 is 0 Å². The van der Waals surface area contributed by atoms with Gasteiger partial charge in [0.25, 0.3) is 5.56 Å². The van der Waals surface area contributed by atoms with Gasteiger partial charge in [-0.25, -0.2) is 13.4 Å². The highest BCUT2D eigenvalue weighted by Crippen LogP contribution is 2.21. The van der Waals surface area contributed by atoms with Crippen LogP contribution in [0.2, 0.25) is 0 Å². The molecule has 35 heavy (non-hydrogen) atoms. The van der Waals surface area contributed by atoms with Crippen molar-refractivity contribution in [1.82, 2.24) is 18.9 Å². The molecule has 5 rings (SSSR count). The molecule has 0 aliphatic carbocycles. The molecule has 3 aromatic heterocycles. The number of benzene rings is 1. The van der Waals surface area contributed by atoms with Gasteiger partial charge in [0.2, 0.25) is 9.84 Å². The van der Waals surface area contributed by atoms with Gasteiger partial charge in [-0.15, -0.1) is 0 Å². The van der Waals surface area contributed by atoms with E-state index in [4.69, 9.17) is 10.1 Å². The zero-order valence-corrected chi connectivity index (χ0v) is 20.5. The van der Waals surface area contributed by atoms with Crippen molar-refractivity contribution in [2.45, 2.75) is 30.2 Å². The number of rotatable bonds is 5. The highest BCUT2D eigenvalue weighted by molar-refractivity contribution is 7.91. The molecule has 1 aliphatic heterocycles. The van der Waals surface area contributed by atoms with Crippen molar-refractivity contribution in [3.8, 4) is 0 Å². The number of nitrogens with zero attached hydrogens (tertiary/aromatic N) is 4. The van der Waals surface area contributed by atoms with Crippen LogP contribution in [0.3, 0.4) is 0 Å². The lowest BCUT2D eigenvalue weighted by Crippen LogP contribution is -2.40. The fourth-order valence-electron chi connectivity index (χ4n) is 4.35. The average Bonchev–Trinajstić information content (AvgIpc) is 2.85. The minimum absolute atomic E-state index is 0.0837. The van der Waals surface area contributed by atoms with Crippen LogP contribution in [0.5, 0.6) is 0 Å². The third kappa shape index (κ3) is 4.29. The SMILES string of the molecule is Cc1ccc(S(=O)(=O)c2cc3c(=O)n4cc(C)ccc4nc3n(CCN3CCOCC3)c2=N)cc1. The second-order valence-electron chi connectivity index (χ2n) is 8.87. The Bertz CT molecular complexity index is 1650. The molecule has 1 fully saturated rings. The third-order valence-corrected chi connectivity index (χ3v) is 8.17. The molecule has 9 nitrogen and oxygen atoms in total. The van der Waals surface area contributed by atoms with Crippen molar-refractivity contribution >= 4 is 26.5 Å². The second kappa shape index (κ2) is 9.03. The zero-order chi connectivity index (χ0) is 24.7. The maximum absolute atomic E-state index is 13.6. The van der Waals surface area contributed by atoms with Crippen LogP contribution in [0.1, 0.15) is 11.1 Å². The topological polar surface area (TPSA) is 110 Å². The van der Waals surface area contributed by atoms with Crippen LogP contribution in [0.4, 0.5) is 0 Å². The largest absolute Gasteiger partial charge is 0.379 e. The molecule has 0 amide bonds. The highest BCUT2D eigenvalue weighted by atomic mass is 32.2. The Morgan fingerprint density at radius 2 is 1.69 bits per heavy atom. The molecule has 0 bridgehead atoms. The number of morpholine rings is 1. The molecule has 4 aromatic rings. The first-order valence-electron chi connectivity index (χ1n) is 11.5. The number of sulfone groups is 1. The first kappa shape index (κ1) is 23.4. The van der Waals surface area contributed by atoms with Crippen LogP contribution in [0.25, 0.3) is 16.7 Å². The molecule has 0 saturated carbocycles. The van der Waals surface area contributed by atoms with Crippen molar-refractivity contribution < 1.29 is 13.2 Å². The zero-order valence-electron chi connectivity index (χ0n) is 19.7. The Labute approximate surface area is 202 Å². The Hall–Kier alpha value is -3.34. The number of aryl methyl sites for hydroxylation is 2. The van der Waals surface area contributed by atoms with E-state index in [1.807, 2.05) is 19.9 Å². The van der Waals surface area contributed by atoms with E-state index in [0.29, 0.717) is 37.6 Å². The van der Waals surface area contributed by atoms with Gasteiger partial charge in [0.15, 0.2) is 0 Å². The summed E-state index contributed by atoms with van der Waals surface area (Å²) in [6.45, 7) is 7.42. The van der Waals surface area contributed by atoms with Gasteiger partial charge in [0.1, 0.15) is 21.7 Å². The Balaban J connectivity index is 1.75. The lowest BCUT2D eigenvalue weighted by Gasteiger charge is -2.27. The number of hydrogen-bond donors (Lipinski definition) is 1. The van der Waals surface area contributed by atoms with Gasteiger partial charge in [-0.1, -0.05) is 23.8 Å². The molecule has 0 atom stereocenters. The molecule has 0 radical (unpaired) electrons. The Morgan fingerprint density at radius 1 is 1.00 bits per heavy atom. The predicted molar refractivity (Wildman–Crippen MR) is 131 cm³/mol. The van der Waals surface area contributed by atoms with Gasteiger partial charge in [-0.05, 0) is 43.7 Å². The van der Waals surface area contributed by atoms with E-state index in [0.717, 1.165) is 24.2 Å². The number of ether oxygens (including phenoxy) is 1. The summed E-state index contributed by atoms with van der Waals surface area (Å²) in [6.07, 6.45) is 1.69. The maximum Gasteiger partial charge on any atom is 0.267 e. The molecule has 1 N–H and O–H groups in total. The number of hydrogen-bond acceptors (Lipinski definition) is 7. The van der Waals surface area contributed by atoms with Gasteiger partial charge < -0.3 is 9.30 Å². The highest BCUT2D eigenvalue weighted by Gasteiger charge is 2.24. The van der Waals surface area contributed by atoms with Crippen molar-refractivity contribution in [2.24, 2.45) is 0 Å². The third-order valence-electron chi connectivity index (χ3n) is 6.38. The number of aromatic nitrogens is 3. The summed E-state index contributed by atoms with van der Waals surface area (Å²) in [7, 11) is -4.04. The van der Waals surface area contributed by atoms with Gasteiger partial charge in [0.05, 0.1) is 23.5 Å². The van der Waals surface area contributed by atoms with Gasteiger partial charge in [-0.3, -0.25) is 19.5 Å². The molecular formula is C25H27N5O4S. The number of pyridine rings is 2. The summed E-state index contributed by atoms with van der Waals surface area (Å²) >= 11 is 0. The van der Waals surface area contributed by atoms with Crippen LogP contribution in [0.15, 0.2) is 63.2 Å². The van der Waals surface area contributed by atoms with E-state index in [2.05, 4.69) is 9.88 Å². The van der Waals surface area contributed by atoms with E-state index in [-0.39, 0.29) is 26.2 Å². The van der Waals surface area contributed by atoms with E-state index in [1.165, 1.54) is 22.6 Å². The Kier molecular flexibility index (Phi) is 6.04. The van der Waals surface area contributed by atoms with Crippen molar-refractivity contribution in [1.29, 1.82) is 5.41 Å². The molecule has 1 aliphatic rings. The average molecular weight is 494 g/mol. The summed E-state index contributed by atoms with van der Waals surface area (Å²) in [6, 6.07) is 11.4. The fourth-order valence-corrected chi connectivity index (χ4v) is 5.74. The van der Waals surface area contributed by atoms with E-state index in [9.17, 15) is 13.2 Å². The molecule has 182 valence electrons. The van der Waals surface area contributed by atoms with E-state index in [1.54, 1.807) is 29.0 Å². The lowest BCUT2D eigenvalue weighted by atomic mass is 10.2. The predicted octanol–water partition coefficient (Wildman–Crippen LogP) is 1.91. The molecule has 4 heterocycles. The van der Waals surface area contributed by atoms with Gasteiger partial charge in [0, 0.05) is 32.4 Å². The molecule has 10 heteroatoms. The molecule has 1 saturated heterocycles. The summed E-state index contributed by atoms with van der Waals surface area (Å²) in [5, 5.41) is 9.06. The first-order valence-corrected chi connectivity index (χ1v) is 13.0. The summed E-state index contributed by atoms with van der Waals surface area (Å²) < 4.78 is 35.6. The maximum atomic E-state index is 13.6. The lowest BCUT2D eigenvalue weighted by molar-refractivity contribution is 0.0363. The summed E-state index contributed by atoms with van der Waals surface area (Å²) in [5.74, 6) is 0. The van der Waals surface area contributed by atoms with Crippen molar-refractivity contribution in [2.75, 3.05) is 32.8 Å². The normalized spacial score (nSPS) is 15.1. The van der Waals surface area contributed by atoms with Gasteiger partial charge in [-0.2, -0.15) is 0 Å². The van der Waals surface area contributed by atoms with Crippen LogP contribution in [-0.2, 0) is 21.1 Å². The minimum Gasteiger partial charge on any atom is -0.379 e. The van der Waals surface area contributed by atoms with Crippen LogP contribution >= 0.6 is 0 Å². The first-order chi connectivity index (χ1) is 16.8. The molecular weight excluding hydrogens is 466 g/mol. The van der Waals surface area contributed by atoms with Crippen molar-refractivity contribution in [3.63, 3.8) is 0 Å². The van der Waals surface area contributed by atoms with Crippen LogP contribution in [-0.4, -0.2) is 60.1 Å². The minimum atomic E-state index is -4.04. The summed E-state index contributed by atoms with van der Waals surface area (Å²) in [5.41, 5.74) is 2.01. The standard InChI is InChI=1S/C25H27N5O4S/c1-17-3-6-19(7-4-17)35(32,33)21-15-20-24(27-22-8-5-18(2)16-30(22)25(20)31)29(23(21)26)10-9-28-11-13-34-14-12-28/h3-8,15-16,26H,9-14H2,1-2H3. The van der Waals surface area contributed by atoms with E-state index >= 15 is 0 Å². The van der Waals surface area contributed by atoms with Crippen molar-refractivity contribution in [3.05, 3.63) is 75.6 Å². The molecule has 0 unspecified atom stereocenters. The number of nitrogens with one attached hydrogen (secondary N) is 1. The van der Waals surface area contributed by atoms with Crippen LogP contribution in [0, 0.1) is 19.3 Å². The number of fused-ring (bicyclic) bond motifs is 2. The monoisotopic (exact) mass is 493 g/mol. The second-order valence-corrected chi connectivity index (χ2v) is 10.8. The fraction of sp³-hybridized carbons (Fsp3) is 0.320.